The number of fused-ring (bicyclic) bond motifs is 4. The first-order chi connectivity index (χ1) is 17.4. The third-order valence-electron chi connectivity index (χ3n) is 6.80. The molecule has 0 aliphatic rings. The van der Waals surface area contributed by atoms with Crippen LogP contribution in [-0.2, 0) is 0 Å². The van der Waals surface area contributed by atoms with Gasteiger partial charge < -0.3 is 0 Å². The minimum Gasteiger partial charge on any atom is -0.292 e. The van der Waals surface area contributed by atoms with Crippen molar-refractivity contribution in [3.63, 3.8) is 0 Å². The van der Waals surface area contributed by atoms with Crippen molar-refractivity contribution in [2.24, 2.45) is 0 Å². The molecule has 164 valence electrons. The highest BCUT2D eigenvalue weighted by atomic mass is 15.1. The predicted octanol–water partition coefficient (Wildman–Crippen LogP) is 8.67. The summed E-state index contributed by atoms with van der Waals surface area (Å²) >= 11 is 0. The lowest BCUT2D eigenvalue weighted by molar-refractivity contribution is 1.10. The van der Waals surface area contributed by atoms with Gasteiger partial charge in [0.1, 0.15) is 5.82 Å². The number of hydrogen-bond acceptors (Lipinski definition) is 1. The summed E-state index contributed by atoms with van der Waals surface area (Å²) < 4.78 is 2.25. The van der Waals surface area contributed by atoms with E-state index in [0.29, 0.717) is 0 Å². The third kappa shape index (κ3) is 3.23. The maximum absolute atomic E-state index is 5.02. The molecule has 0 atom stereocenters. The first kappa shape index (κ1) is 19.7. The van der Waals surface area contributed by atoms with E-state index in [1.807, 2.05) is 12.1 Å². The third-order valence-corrected chi connectivity index (χ3v) is 6.80. The summed E-state index contributed by atoms with van der Waals surface area (Å²) in [4.78, 5) is 5.02. The topological polar surface area (TPSA) is 17.8 Å². The van der Waals surface area contributed by atoms with Crippen LogP contribution in [0.15, 0.2) is 133 Å². The number of benzene rings is 6. The van der Waals surface area contributed by atoms with Crippen LogP contribution in [0.5, 0.6) is 0 Å². The van der Waals surface area contributed by atoms with Gasteiger partial charge >= 0.3 is 0 Å². The molecule has 0 unspecified atom stereocenters. The van der Waals surface area contributed by atoms with Crippen LogP contribution in [0.1, 0.15) is 0 Å². The summed E-state index contributed by atoms with van der Waals surface area (Å²) in [5.74, 6) is 0.951. The number of nitrogens with zero attached hydrogens (tertiary/aromatic N) is 2. The van der Waals surface area contributed by atoms with Crippen molar-refractivity contribution in [1.82, 2.24) is 9.55 Å². The van der Waals surface area contributed by atoms with Crippen LogP contribution in [0.2, 0.25) is 0 Å². The maximum atomic E-state index is 5.02. The second kappa shape index (κ2) is 7.96. The van der Waals surface area contributed by atoms with Gasteiger partial charge in [-0.25, -0.2) is 4.98 Å². The summed E-state index contributed by atoms with van der Waals surface area (Å²) in [7, 11) is 0. The Morgan fingerprint density at radius 3 is 1.94 bits per heavy atom. The van der Waals surface area contributed by atoms with Crippen LogP contribution in [0, 0.1) is 0 Å². The fourth-order valence-electron chi connectivity index (χ4n) is 5.15. The van der Waals surface area contributed by atoms with Gasteiger partial charge in [0.25, 0.3) is 0 Å². The Kier molecular flexibility index (Phi) is 4.49. The zero-order valence-electron chi connectivity index (χ0n) is 19.1. The van der Waals surface area contributed by atoms with Crippen LogP contribution in [0.3, 0.4) is 0 Å². The van der Waals surface area contributed by atoms with Crippen molar-refractivity contribution >= 4 is 32.6 Å². The van der Waals surface area contributed by atoms with Gasteiger partial charge in [0.05, 0.1) is 11.0 Å². The molecule has 7 aromatic rings. The Morgan fingerprint density at radius 1 is 0.486 bits per heavy atom. The molecular formula is C33H22N2. The van der Waals surface area contributed by atoms with E-state index in [4.69, 9.17) is 4.98 Å². The van der Waals surface area contributed by atoms with Gasteiger partial charge in [-0.1, -0.05) is 103 Å². The van der Waals surface area contributed by atoms with E-state index >= 15 is 0 Å². The molecule has 0 aliphatic heterocycles. The average molecular weight is 447 g/mol. The fourth-order valence-corrected chi connectivity index (χ4v) is 5.15. The van der Waals surface area contributed by atoms with E-state index in [0.717, 1.165) is 28.1 Å². The van der Waals surface area contributed by atoms with Gasteiger partial charge in [-0.05, 0) is 63.0 Å². The quantitative estimate of drug-likeness (QED) is 0.248. The lowest BCUT2D eigenvalue weighted by atomic mass is 9.93. The number of aromatic nitrogens is 2. The van der Waals surface area contributed by atoms with E-state index < -0.39 is 0 Å². The Hall–Kier alpha value is -4.69. The lowest BCUT2D eigenvalue weighted by Crippen LogP contribution is -1.97. The van der Waals surface area contributed by atoms with Crippen molar-refractivity contribution in [3.05, 3.63) is 133 Å². The highest BCUT2D eigenvalue weighted by molar-refractivity contribution is 6.13. The predicted molar refractivity (Wildman–Crippen MR) is 147 cm³/mol. The molecule has 35 heavy (non-hydrogen) atoms. The van der Waals surface area contributed by atoms with Gasteiger partial charge in [0, 0.05) is 11.3 Å². The van der Waals surface area contributed by atoms with Crippen molar-refractivity contribution in [2.45, 2.75) is 0 Å². The highest BCUT2D eigenvalue weighted by Gasteiger charge is 2.15. The van der Waals surface area contributed by atoms with Gasteiger partial charge in [-0.2, -0.15) is 0 Å². The number of imidazole rings is 1. The lowest BCUT2D eigenvalue weighted by Gasteiger charge is -2.12. The molecule has 0 amide bonds. The number of hydrogen-bond donors (Lipinski definition) is 0. The van der Waals surface area contributed by atoms with E-state index in [1.54, 1.807) is 0 Å². The Balaban J connectivity index is 1.40. The van der Waals surface area contributed by atoms with Gasteiger partial charge in [-0.15, -0.1) is 0 Å². The number of para-hydroxylation sites is 3. The van der Waals surface area contributed by atoms with Crippen molar-refractivity contribution in [3.8, 4) is 28.2 Å². The molecule has 2 nitrogen and oxygen atoms in total. The first-order valence-corrected chi connectivity index (χ1v) is 11.9. The molecule has 1 heterocycles. The molecule has 0 fully saturated rings. The van der Waals surface area contributed by atoms with Crippen molar-refractivity contribution in [2.75, 3.05) is 0 Å². The molecule has 7 rings (SSSR count). The molecule has 0 saturated carbocycles. The average Bonchev–Trinajstić information content (AvgIpc) is 3.33. The van der Waals surface area contributed by atoms with Crippen molar-refractivity contribution < 1.29 is 0 Å². The van der Waals surface area contributed by atoms with E-state index in [9.17, 15) is 0 Å². The van der Waals surface area contributed by atoms with Crippen LogP contribution in [0.25, 0.3) is 60.8 Å². The molecule has 2 heteroatoms. The molecule has 6 aromatic carbocycles. The Labute approximate surface area is 203 Å². The summed E-state index contributed by atoms with van der Waals surface area (Å²) in [5.41, 5.74) is 6.77. The first-order valence-electron chi connectivity index (χ1n) is 11.9. The Morgan fingerprint density at radius 2 is 1.11 bits per heavy atom. The summed E-state index contributed by atoms with van der Waals surface area (Å²) in [5, 5.41) is 5.11. The van der Waals surface area contributed by atoms with Gasteiger partial charge in [0.15, 0.2) is 0 Å². The molecule has 1 aromatic heterocycles. The molecule has 0 saturated heterocycles. The van der Waals surface area contributed by atoms with E-state index in [-0.39, 0.29) is 0 Å². The standard InChI is InChI=1S/C33H22N2/c1-2-11-26(12-3-1)35-32-17-9-8-16-31(32)34-33(35)24-20-18-23(19-21-24)30-22-25-10-4-5-13-27(25)28-14-6-7-15-29(28)30/h1-22H. The van der Waals surface area contributed by atoms with Crippen LogP contribution < -0.4 is 0 Å². The number of rotatable bonds is 3. The zero-order valence-corrected chi connectivity index (χ0v) is 19.1. The SMILES string of the molecule is c1ccc(-n2c(-c3ccc(-c4cc5ccccc5c5ccccc45)cc3)nc3ccccc32)cc1. The molecule has 0 radical (unpaired) electrons. The smallest absolute Gasteiger partial charge is 0.145 e. The fraction of sp³-hybridized carbons (Fsp3) is 0. The van der Waals surface area contributed by atoms with Crippen LogP contribution in [-0.4, -0.2) is 9.55 Å². The van der Waals surface area contributed by atoms with E-state index in [1.165, 1.54) is 32.7 Å². The second-order valence-electron chi connectivity index (χ2n) is 8.86. The zero-order chi connectivity index (χ0) is 23.2. The highest BCUT2D eigenvalue weighted by Crippen LogP contribution is 2.36. The van der Waals surface area contributed by atoms with Crippen LogP contribution >= 0.6 is 0 Å². The van der Waals surface area contributed by atoms with Gasteiger partial charge in [-0.3, -0.25) is 4.57 Å². The van der Waals surface area contributed by atoms with Crippen molar-refractivity contribution in [1.29, 1.82) is 0 Å². The molecule has 0 spiro atoms. The largest absolute Gasteiger partial charge is 0.292 e. The van der Waals surface area contributed by atoms with Gasteiger partial charge in [0.2, 0.25) is 0 Å². The monoisotopic (exact) mass is 446 g/mol. The molecule has 0 N–H and O–H groups in total. The summed E-state index contributed by atoms with van der Waals surface area (Å²) in [6, 6.07) is 47.2. The minimum absolute atomic E-state index is 0.951. The molecular weight excluding hydrogens is 424 g/mol. The van der Waals surface area contributed by atoms with Crippen LogP contribution in [0.4, 0.5) is 0 Å². The Bertz CT molecular complexity index is 1830. The molecule has 0 bridgehead atoms. The molecule has 0 aliphatic carbocycles. The normalized spacial score (nSPS) is 11.4. The maximum Gasteiger partial charge on any atom is 0.145 e. The summed E-state index contributed by atoms with van der Waals surface area (Å²) in [6.07, 6.45) is 0. The second-order valence-corrected chi connectivity index (χ2v) is 8.86. The summed E-state index contributed by atoms with van der Waals surface area (Å²) in [6.45, 7) is 0. The minimum atomic E-state index is 0.951. The van der Waals surface area contributed by atoms with E-state index in [2.05, 4.69) is 126 Å².